The number of aromatic nitrogens is 2. The number of hydrogen-bond donors (Lipinski definition) is 2. The molecule has 2 aromatic carbocycles. The van der Waals surface area contributed by atoms with E-state index in [0.717, 1.165) is 22.9 Å². The number of nitrogens with one attached hydrogen (secondary N) is 2. The number of benzene rings is 2. The predicted molar refractivity (Wildman–Crippen MR) is 115 cm³/mol. The lowest BCUT2D eigenvalue weighted by atomic mass is 10.1. The molecule has 30 heavy (non-hydrogen) atoms. The van der Waals surface area contributed by atoms with E-state index in [-0.39, 0.29) is 35.4 Å². The second-order valence-corrected chi connectivity index (χ2v) is 8.22. The summed E-state index contributed by atoms with van der Waals surface area (Å²) in [6.07, 6.45) is 0. The maximum atomic E-state index is 13.2. The van der Waals surface area contributed by atoms with Gasteiger partial charge < -0.3 is 10.3 Å². The van der Waals surface area contributed by atoms with Crippen molar-refractivity contribution in [2.75, 3.05) is 5.75 Å². The molecule has 0 saturated heterocycles. The van der Waals surface area contributed by atoms with Gasteiger partial charge in [-0.05, 0) is 35.4 Å². The first-order valence-corrected chi connectivity index (χ1v) is 10.8. The minimum Gasteiger partial charge on any atom is -0.351 e. The van der Waals surface area contributed by atoms with Crippen LogP contribution in [0, 0.1) is 11.6 Å². The van der Waals surface area contributed by atoms with Gasteiger partial charge in [0.25, 0.3) is 5.56 Å². The topological polar surface area (TPSA) is 74.8 Å². The van der Waals surface area contributed by atoms with Crippen molar-refractivity contribution < 1.29 is 13.6 Å². The zero-order valence-corrected chi connectivity index (χ0v) is 17.1. The molecule has 4 rings (SSSR count). The highest BCUT2D eigenvalue weighted by Gasteiger charge is 2.14. The molecule has 0 aliphatic heterocycles. The predicted octanol–water partition coefficient (Wildman–Crippen LogP) is 4.34. The third kappa shape index (κ3) is 4.58. The summed E-state index contributed by atoms with van der Waals surface area (Å²) in [4.78, 5) is 32.3. The summed E-state index contributed by atoms with van der Waals surface area (Å²) in [5, 5.41) is 5.34. The Hall–Kier alpha value is -3.04. The summed E-state index contributed by atoms with van der Waals surface area (Å²) >= 11 is 2.44. The van der Waals surface area contributed by atoms with Crippen molar-refractivity contribution in [3.63, 3.8) is 0 Å². The molecule has 0 unspecified atom stereocenters. The Bertz CT molecular complexity index is 1250. The van der Waals surface area contributed by atoms with E-state index in [9.17, 15) is 18.4 Å². The monoisotopic (exact) mass is 443 g/mol. The summed E-state index contributed by atoms with van der Waals surface area (Å²) in [5.41, 5.74) is 1.90. The van der Waals surface area contributed by atoms with Gasteiger partial charge in [0.15, 0.2) is 5.16 Å². The summed E-state index contributed by atoms with van der Waals surface area (Å²) < 4.78 is 26.1. The van der Waals surface area contributed by atoms with Crippen LogP contribution >= 0.6 is 23.1 Å². The van der Waals surface area contributed by atoms with Crippen molar-refractivity contribution in [1.82, 2.24) is 15.3 Å². The standard InChI is InChI=1S/C21H15F2N3O2S2/c22-14-5-1-12(2-6-14)9-24-17(27)11-30-21-25-19(28)18-16(10-29-20(18)26-21)13-3-7-15(23)8-4-13/h1-8,10H,9,11H2,(H,24,27)(H,25,26,28). The number of hydrogen-bond acceptors (Lipinski definition) is 5. The van der Waals surface area contributed by atoms with Gasteiger partial charge in [-0.25, -0.2) is 13.8 Å². The van der Waals surface area contributed by atoms with Crippen LogP contribution < -0.4 is 10.9 Å². The molecule has 5 nitrogen and oxygen atoms in total. The molecule has 4 aromatic rings. The molecule has 2 N–H and O–H groups in total. The van der Waals surface area contributed by atoms with Crippen molar-refractivity contribution in [2.24, 2.45) is 0 Å². The van der Waals surface area contributed by atoms with Gasteiger partial charge in [-0.2, -0.15) is 0 Å². The highest BCUT2D eigenvalue weighted by Crippen LogP contribution is 2.31. The number of nitrogens with zero attached hydrogens (tertiary/aromatic N) is 1. The Morgan fingerprint density at radius 3 is 2.43 bits per heavy atom. The van der Waals surface area contributed by atoms with Gasteiger partial charge in [0.1, 0.15) is 16.5 Å². The van der Waals surface area contributed by atoms with Gasteiger partial charge in [0, 0.05) is 17.5 Å². The molecule has 0 bridgehead atoms. The number of thiophene rings is 1. The van der Waals surface area contributed by atoms with Crippen LogP contribution in [0.2, 0.25) is 0 Å². The number of halogens is 2. The maximum absolute atomic E-state index is 13.2. The van der Waals surface area contributed by atoms with Crippen LogP contribution in [-0.4, -0.2) is 21.6 Å². The quantitative estimate of drug-likeness (QED) is 0.343. The van der Waals surface area contributed by atoms with Gasteiger partial charge in [-0.15, -0.1) is 11.3 Å². The van der Waals surface area contributed by atoms with Crippen molar-refractivity contribution in [3.05, 3.63) is 81.5 Å². The van der Waals surface area contributed by atoms with Crippen LogP contribution in [0.25, 0.3) is 21.3 Å². The first-order chi connectivity index (χ1) is 14.5. The molecule has 0 aliphatic carbocycles. The van der Waals surface area contributed by atoms with E-state index < -0.39 is 0 Å². The number of carbonyl (C=O) groups is 1. The average Bonchev–Trinajstić information content (AvgIpc) is 3.17. The van der Waals surface area contributed by atoms with Gasteiger partial charge in [-0.3, -0.25) is 9.59 Å². The fraction of sp³-hybridized carbons (Fsp3) is 0.0952. The molecular weight excluding hydrogens is 428 g/mol. The Balaban J connectivity index is 1.43. The molecule has 2 heterocycles. The number of thioether (sulfide) groups is 1. The maximum Gasteiger partial charge on any atom is 0.260 e. The van der Waals surface area contributed by atoms with Gasteiger partial charge in [0.05, 0.1) is 11.1 Å². The van der Waals surface area contributed by atoms with Crippen LogP contribution in [0.15, 0.2) is 63.9 Å². The van der Waals surface area contributed by atoms with E-state index in [1.807, 2.05) is 5.38 Å². The zero-order chi connectivity index (χ0) is 21.1. The fourth-order valence-electron chi connectivity index (χ4n) is 2.83. The van der Waals surface area contributed by atoms with Gasteiger partial charge in [-0.1, -0.05) is 36.0 Å². The van der Waals surface area contributed by atoms with E-state index in [1.165, 1.54) is 35.6 Å². The smallest absolute Gasteiger partial charge is 0.260 e. The highest BCUT2D eigenvalue weighted by atomic mass is 32.2. The number of H-pyrrole nitrogens is 1. The summed E-state index contributed by atoms with van der Waals surface area (Å²) in [6.45, 7) is 0.286. The molecule has 1 amide bonds. The largest absolute Gasteiger partial charge is 0.351 e. The Morgan fingerprint density at radius 2 is 1.73 bits per heavy atom. The lowest BCUT2D eigenvalue weighted by Gasteiger charge is -2.05. The molecule has 0 radical (unpaired) electrons. The Labute approximate surface area is 178 Å². The highest BCUT2D eigenvalue weighted by molar-refractivity contribution is 7.99. The van der Waals surface area contributed by atoms with Crippen molar-refractivity contribution in [2.45, 2.75) is 11.7 Å². The zero-order valence-electron chi connectivity index (χ0n) is 15.4. The molecule has 0 saturated carbocycles. The average molecular weight is 444 g/mol. The summed E-state index contributed by atoms with van der Waals surface area (Å²) in [5.74, 6) is -0.833. The SMILES string of the molecule is O=C(CSc1nc2scc(-c3ccc(F)cc3)c2c(=O)[nH]1)NCc1ccc(F)cc1. The second-order valence-electron chi connectivity index (χ2n) is 6.40. The molecular formula is C21H15F2N3O2S2. The second kappa shape index (κ2) is 8.76. The van der Waals surface area contributed by atoms with Crippen molar-refractivity contribution in [1.29, 1.82) is 0 Å². The third-order valence-electron chi connectivity index (χ3n) is 4.32. The van der Waals surface area contributed by atoms with E-state index in [0.29, 0.717) is 20.9 Å². The third-order valence-corrected chi connectivity index (χ3v) is 6.07. The van der Waals surface area contributed by atoms with E-state index in [1.54, 1.807) is 24.3 Å². The van der Waals surface area contributed by atoms with Crippen molar-refractivity contribution in [3.8, 4) is 11.1 Å². The molecule has 152 valence electrons. The normalized spacial score (nSPS) is 11.0. The fourth-order valence-corrected chi connectivity index (χ4v) is 4.52. The van der Waals surface area contributed by atoms with Gasteiger partial charge >= 0.3 is 0 Å². The van der Waals surface area contributed by atoms with Crippen LogP contribution in [0.5, 0.6) is 0 Å². The van der Waals surface area contributed by atoms with Crippen LogP contribution in [0.1, 0.15) is 5.56 Å². The van der Waals surface area contributed by atoms with E-state index >= 15 is 0 Å². The molecule has 0 fully saturated rings. The van der Waals surface area contributed by atoms with Crippen LogP contribution in [-0.2, 0) is 11.3 Å². The van der Waals surface area contributed by atoms with E-state index in [4.69, 9.17) is 0 Å². The lowest BCUT2D eigenvalue weighted by molar-refractivity contribution is -0.118. The minimum atomic E-state index is -0.346. The van der Waals surface area contributed by atoms with Crippen molar-refractivity contribution >= 4 is 39.2 Å². The van der Waals surface area contributed by atoms with E-state index in [2.05, 4.69) is 15.3 Å². The minimum absolute atomic E-state index is 0.0752. The Morgan fingerprint density at radius 1 is 1.07 bits per heavy atom. The molecule has 2 aromatic heterocycles. The summed E-state index contributed by atoms with van der Waals surface area (Å²) in [6, 6.07) is 11.8. The summed E-state index contributed by atoms with van der Waals surface area (Å²) in [7, 11) is 0. The number of rotatable bonds is 6. The Kier molecular flexibility index (Phi) is 5.91. The first-order valence-electron chi connectivity index (χ1n) is 8.91. The molecule has 0 aliphatic rings. The lowest BCUT2D eigenvalue weighted by Crippen LogP contribution is -2.24. The molecule has 9 heteroatoms. The number of amides is 1. The van der Waals surface area contributed by atoms with Gasteiger partial charge in [0.2, 0.25) is 5.91 Å². The first kappa shape index (κ1) is 20.2. The number of aromatic amines is 1. The molecule has 0 atom stereocenters. The van der Waals surface area contributed by atoms with Crippen LogP contribution in [0.3, 0.4) is 0 Å². The number of carbonyl (C=O) groups excluding carboxylic acids is 1. The molecule has 0 spiro atoms. The van der Waals surface area contributed by atoms with Crippen LogP contribution in [0.4, 0.5) is 8.78 Å². The number of fused-ring (bicyclic) bond motifs is 1.